The Morgan fingerprint density at radius 2 is 1.92 bits per heavy atom. The van der Waals surface area contributed by atoms with Gasteiger partial charge in [0.15, 0.2) is 5.69 Å². The number of carbonyl (C=O) groups excluding carboxylic acids is 2. The number of amides is 1. The maximum Gasteiger partial charge on any atom is 0.328 e. The van der Waals surface area contributed by atoms with Crippen molar-refractivity contribution < 1.29 is 14.3 Å². The van der Waals surface area contributed by atoms with Gasteiger partial charge >= 0.3 is 5.97 Å². The van der Waals surface area contributed by atoms with Crippen LogP contribution < -0.4 is 10.9 Å². The Kier molecular flexibility index (Phi) is 5.33. The van der Waals surface area contributed by atoms with Crippen LogP contribution in [0.25, 0.3) is 10.8 Å². The summed E-state index contributed by atoms with van der Waals surface area (Å²) in [6.07, 6.45) is 0.696. The molecule has 7 heteroatoms. The summed E-state index contributed by atoms with van der Waals surface area (Å²) in [5.74, 6) is -1.12. The van der Waals surface area contributed by atoms with E-state index in [2.05, 4.69) is 10.4 Å². The monoisotopic (exact) mass is 331 g/mol. The van der Waals surface area contributed by atoms with Crippen LogP contribution in [0.2, 0.25) is 0 Å². The summed E-state index contributed by atoms with van der Waals surface area (Å²) in [6, 6.07) is 5.98. The number of nitrogens with zero attached hydrogens (tertiary/aromatic N) is 2. The fourth-order valence-electron chi connectivity index (χ4n) is 2.47. The molecule has 1 aromatic carbocycles. The van der Waals surface area contributed by atoms with E-state index in [0.717, 1.165) is 4.68 Å². The van der Waals surface area contributed by atoms with Crippen molar-refractivity contribution in [2.45, 2.75) is 26.3 Å². The number of fused-ring (bicyclic) bond motifs is 1. The number of aryl methyl sites for hydroxylation is 1. The number of rotatable bonds is 5. The molecule has 0 fully saturated rings. The van der Waals surface area contributed by atoms with Gasteiger partial charge in [-0.05, 0) is 12.0 Å². The lowest BCUT2D eigenvalue weighted by Crippen LogP contribution is -2.46. The van der Waals surface area contributed by atoms with E-state index < -0.39 is 17.9 Å². The molecule has 1 N–H and O–H groups in total. The molecule has 1 aromatic heterocycles. The highest BCUT2D eigenvalue weighted by molar-refractivity contribution is 6.05. The summed E-state index contributed by atoms with van der Waals surface area (Å²) in [7, 11) is 2.77. The first-order chi connectivity index (χ1) is 11.4. The zero-order valence-electron chi connectivity index (χ0n) is 14.2. The van der Waals surface area contributed by atoms with E-state index in [1.165, 1.54) is 14.2 Å². The van der Waals surface area contributed by atoms with Crippen LogP contribution in [0, 0.1) is 5.92 Å². The van der Waals surface area contributed by atoms with Gasteiger partial charge in [0.25, 0.3) is 11.5 Å². The highest BCUT2D eigenvalue weighted by atomic mass is 16.5. The van der Waals surface area contributed by atoms with Gasteiger partial charge in [-0.3, -0.25) is 9.59 Å². The van der Waals surface area contributed by atoms with E-state index in [1.807, 2.05) is 13.8 Å². The Morgan fingerprint density at radius 3 is 2.50 bits per heavy atom. The molecule has 128 valence electrons. The number of aromatic nitrogens is 2. The summed E-state index contributed by atoms with van der Waals surface area (Å²) in [6.45, 7) is 3.78. The molecule has 2 aromatic rings. The van der Waals surface area contributed by atoms with Gasteiger partial charge in [0, 0.05) is 12.4 Å². The quantitative estimate of drug-likeness (QED) is 0.833. The maximum absolute atomic E-state index is 12.7. The molecule has 2 rings (SSSR count). The number of carbonyl (C=O) groups is 2. The standard InChI is InChI=1S/C17H21N3O4/c1-5-10(2)13(17(23)24-4)18-15(21)14-11-8-6-7-9-12(11)16(22)20(3)19-14/h6-10,13H,5H2,1-4H3,(H,18,21)/t10-,13-/m1/s1. The molecule has 2 atom stereocenters. The Balaban J connectivity index is 2.46. The van der Waals surface area contributed by atoms with Gasteiger partial charge in [0.05, 0.1) is 12.5 Å². The first-order valence-corrected chi connectivity index (χ1v) is 7.75. The largest absolute Gasteiger partial charge is 0.467 e. The average Bonchev–Trinajstić information content (AvgIpc) is 2.61. The minimum Gasteiger partial charge on any atom is -0.467 e. The number of hydrogen-bond donors (Lipinski definition) is 1. The molecule has 24 heavy (non-hydrogen) atoms. The number of benzene rings is 1. The second-order valence-corrected chi connectivity index (χ2v) is 5.68. The van der Waals surface area contributed by atoms with Crippen molar-refractivity contribution in [1.29, 1.82) is 0 Å². The lowest BCUT2D eigenvalue weighted by Gasteiger charge is -2.22. The topological polar surface area (TPSA) is 90.3 Å². The number of hydrogen-bond acceptors (Lipinski definition) is 5. The molecule has 0 aliphatic heterocycles. The second-order valence-electron chi connectivity index (χ2n) is 5.68. The van der Waals surface area contributed by atoms with Crippen molar-refractivity contribution in [1.82, 2.24) is 15.1 Å². The van der Waals surface area contributed by atoms with Crippen LogP contribution >= 0.6 is 0 Å². The molecule has 0 saturated carbocycles. The summed E-state index contributed by atoms with van der Waals surface area (Å²) in [5.41, 5.74) is -0.182. The zero-order chi connectivity index (χ0) is 17.9. The third kappa shape index (κ3) is 3.29. The van der Waals surface area contributed by atoms with Crippen molar-refractivity contribution in [3.63, 3.8) is 0 Å². The van der Waals surface area contributed by atoms with Crippen LogP contribution in [0.3, 0.4) is 0 Å². The number of nitrogens with one attached hydrogen (secondary N) is 1. The van der Waals surface area contributed by atoms with Gasteiger partial charge in [-0.25, -0.2) is 9.48 Å². The van der Waals surface area contributed by atoms with Crippen molar-refractivity contribution in [2.75, 3.05) is 7.11 Å². The Labute approximate surface area is 139 Å². The van der Waals surface area contributed by atoms with Gasteiger partial charge in [0.2, 0.25) is 0 Å². The number of methoxy groups -OCH3 is 1. The summed E-state index contributed by atoms with van der Waals surface area (Å²) in [4.78, 5) is 36.8. The van der Waals surface area contributed by atoms with Crippen LogP contribution in [-0.4, -0.2) is 34.8 Å². The molecule has 0 radical (unpaired) electrons. The second kappa shape index (κ2) is 7.25. The summed E-state index contributed by atoms with van der Waals surface area (Å²) >= 11 is 0. The van der Waals surface area contributed by atoms with Gasteiger partial charge in [-0.1, -0.05) is 38.5 Å². The van der Waals surface area contributed by atoms with Gasteiger partial charge in [-0.15, -0.1) is 0 Å². The van der Waals surface area contributed by atoms with E-state index in [0.29, 0.717) is 17.2 Å². The highest BCUT2D eigenvalue weighted by Crippen LogP contribution is 2.15. The van der Waals surface area contributed by atoms with Crippen LogP contribution in [0.5, 0.6) is 0 Å². The average molecular weight is 331 g/mol. The van der Waals surface area contributed by atoms with Crippen LogP contribution in [0.15, 0.2) is 29.1 Å². The Bertz CT molecular complexity index is 828. The number of esters is 1. The molecule has 0 aliphatic carbocycles. The van der Waals surface area contributed by atoms with E-state index in [9.17, 15) is 14.4 Å². The molecule has 0 unspecified atom stereocenters. The predicted molar refractivity (Wildman–Crippen MR) is 89.7 cm³/mol. The Morgan fingerprint density at radius 1 is 1.29 bits per heavy atom. The zero-order valence-corrected chi connectivity index (χ0v) is 14.2. The van der Waals surface area contributed by atoms with Gasteiger partial charge in [-0.2, -0.15) is 5.10 Å². The summed E-state index contributed by atoms with van der Waals surface area (Å²) < 4.78 is 5.89. The van der Waals surface area contributed by atoms with Crippen LogP contribution in [0.1, 0.15) is 30.8 Å². The van der Waals surface area contributed by atoms with Crippen molar-refractivity contribution in [3.8, 4) is 0 Å². The Hall–Kier alpha value is -2.70. The van der Waals surface area contributed by atoms with E-state index >= 15 is 0 Å². The maximum atomic E-state index is 12.7. The van der Waals surface area contributed by atoms with E-state index in [4.69, 9.17) is 4.74 Å². The fraction of sp³-hybridized carbons (Fsp3) is 0.412. The third-order valence-corrected chi connectivity index (χ3v) is 4.13. The minimum absolute atomic E-state index is 0.0970. The molecule has 1 amide bonds. The third-order valence-electron chi connectivity index (χ3n) is 4.13. The van der Waals surface area contributed by atoms with E-state index in [-0.39, 0.29) is 17.2 Å². The summed E-state index contributed by atoms with van der Waals surface area (Å²) in [5, 5.41) is 7.60. The predicted octanol–water partition coefficient (Wildman–Crippen LogP) is 1.25. The normalized spacial score (nSPS) is 13.3. The van der Waals surface area contributed by atoms with Crippen LogP contribution in [0.4, 0.5) is 0 Å². The molecular formula is C17H21N3O4. The molecule has 1 heterocycles. The van der Waals surface area contributed by atoms with Crippen molar-refractivity contribution in [2.24, 2.45) is 13.0 Å². The molecule has 7 nitrogen and oxygen atoms in total. The molecular weight excluding hydrogens is 310 g/mol. The van der Waals surface area contributed by atoms with Gasteiger partial charge < -0.3 is 10.1 Å². The van der Waals surface area contributed by atoms with Crippen molar-refractivity contribution in [3.05, 3.63) is 40.3 Å². The number of ether oxygens (including phenoxy) is 1. The molecule has 0 aliphatic rings. The highest BCUT2D eigenvalue weighted by Gasteiger charge is 2.28. The van der Waals surface area contributed by atoms with E-state index in [1.54, 1.807) is 24.3 Å². The fourth-order valence-corrected chi connectivity index (χ4v) is 2.47. The SMILES string of the molecule is CC[C@@H](C)[C@@H](NC(=O)c1nn(C)c(=O)c2ccccc12)C(=O)OC. The molecule has 0 saturated heterocycles. The smallest absolute Gasteiger partial charge is 0.328 e. The minimum atomic E-state index is -0.773. The first-order valence-electron chi connectivity index (χ1n) is 7.75. The molecule has 0 spiro atoms. The lowest BCUT2D eigenvalue weighted by atomic mass is 9.99. The van der Waals surface area contributed by atoms with Gasteiger partial charge in [0.1, 0.15) is 6.04 Å². The molecule has 0 bridgehead atoms. The van der Waals surface area contributed by atoms with Crippen molar-refractivity contribution >= 4 is 22.6 Å². The van der Waals surface area contributed by atoms with Crippen LogP contribution in [-0.2, 0) is 16.6 Å². The lowest BCUT2D eigenvalue weighted by molar-refractivity contribution is -0.144. The first kappa shape index (κ1) is 17.7.